The average molecular weight is 228 g/mol. The van der Waals surface area contributed by atoms with Crippen LogP contribution in [0, 0.1) is 0 Å². The molecule has 0 bridgehead atoms. The lowest BCUT2D eigenvalue weighted by Crippen LogP contribution is -2.33. The molecule has 1 aromatic carbocycles. The van der Waals surface area contributed by atoms with Crippen LogP contribution >= 0.6 is 0 Å². The molecule has 1 rings (SSSR count). The molecular formula is C12H14F2O2. The molecule has 1 N–H and O–H groups in total. The van der Waals surface area contributed by atoms with Crippen molar-refractivity contribution in [3.05, 3.63) is 48.2 Å². The largest absolute Gasteiger partial charge is 0.487 e. The molecule has 1 aromatic rings. The van der Waals surface area contributed by atoms with E-state index in [4.69, 9.17) is 9.84 Å². The van der Waals surface area contributed by atoms with Crippen molar-refractivity contribution in [2.75, 3.05) is 0 Å². The highest BCUT2D eigenvalue weighted by Gasteiger charge is 2.40. The van der Waals surface area contributed by atoms with Crippen molar-refractivity contribution in [3.63, 3.8) is 0 Å². The Morgan fingerprint density at radius 3 is 2.50 bits per heavy atom. The molecule has 0 fully saturated rings. The van der Waals surface area contributed by atoms with Gasteiger partial charge in [-0.05, 0) is 12.5 Å². The number of aliphatic hydroxyl groups excluding tert-OH is 1. The van der Waals surface area contributed by atoms with Gasteiger partial charge in [0.05, 0.1) is 0 Å². The summed E-state index contributed by atoms with van der Waals surface area (Å²) in [5, 5.41) is 8.86. The summed E-state index contributed by atoms with van der Waals surface area (Å²) >= 11 is 0. The molecule has 2 nitrogen and oxygen atoms in total. The minimum atomic E-state index is -3.42. The second kappa shape index (κ2) is 5.07. The van der Waals surface area contributed by atoms with Crippen LogP contribution in [0.15, 0.2) is 42.7 Å². The monoisotopic (exact) mass is 228 g/mol. The third-order valence-corrected chi connectivity index (χ3v) is 2.15. The lowest BCUT2D eigenvalue weighted by Gasteiger charge is -2.21. The predicted octanol–water partition coefficient (Wildman–Crippen LogP) is 2.73. The molecule has 0 saturated heterocycles. The number of alkyl halides is 2. The quantitative estimate of drug-likeness (QED) is 0.785. The average Bonchev–Trinajstić information content (AvgIpc) is 2.27. The van der Waals surface area contributed by atoms with Gasteiger partial charge in [0, 0.05) is 0 Å². The smallest absolute Gasteiger partial charge is 0.328 e. The minimum Gasteiger partial charge on any atom is -0.487 e. The molecule has 0 radical (unpaired) electrons. The fourth-order valence-corrected chi connectivity index (χ4v) is 1.07. The van der Waals surface area contributed by atoms with Gasteiger partial charge in [0.1, 0.15) is 12.7 Å². The molecule has 0 aliphatic carbocycles. The van der Waals surface area contributed by atoms with E-state index in [-0.39, 0.29) is 6.61 Å². The third-order valence-electron chi connectivity index (χ3n) is 2.15. The molecule has 0 heterocycles. The van der Waals surface area contributed by atoms with Crippen LogP contribution < -0.4 is 0 Å². The molecule has 0 aromatic heterocycles. The van der Waals surface area contributed by atoms with Crippen molar-refractivity contribution < 1.29 is 18.6 Å². The number of benzene rings is 1. The minimum absolute atomic E-state index is 0.0159. The molecule has 16 heavy (non-hydrogen) atoms. The van der Waals surface area contributed by atoms with Crippen LogP contribution in [0.4, 0.5) is 8.78 Å². The number of ether oxygens (including phenoxy) is 1. The second-order valence-corrected chi connectivity index (χ2v) is 3.50. The summed E-state index contributed by atoms with van der Waals surface area (Å²) in [6, 6.07) is 8.91. The van der Waals surface area contributed by atoms with E-state index in [1.807, 2.05) is 6.07 Å². The fraction of sp³-hybridized carbons (Fsp3) is 0.333. The number of rotatable bonds is 5. The Kier molecular flexibility index (Phi) is 4.01. The van der Waals surface area contributed by atoms with Gasteiger partial charge in [-0.1, -0.05) is 36.9 Å². The first-order valence-electron chi connectivity index (χ1n) is 4.86. The van der Waals surface area contributed by atoms with Gasteiger partial charge in [-0.3, -0.25) is 0 Å². The van der Waals surface area contributed by atoms with Gasteiger partial charge in [-0.2, -0.15) is 8.78 Å². The lowest BCUT2D eigenvalue weighted by molar-refractivity contribution is -0.105. The molecular weight excluding hydrogens is 214 g/mol. The first-order valence-corrected chi connectivity index (χ1v) is 4.86. The maximum Gasteiger partial charge on any atom is 0.328 e. The number of aliphatic hydroxyl groups is 1. The van der Waals surface area contributed by atoms with Crippen molar-refractivity contribution >= 4 is 0 Å². The molecule has 0 spiro atoms. The van der Waals surface area contributed by atoms with E-state index in [0.717, 1.165) is 12.5 Å². The molecule has 1 atom stereocenters. The second-order valence-electron chi connectivity index (χ2n) is 3.50. The van der Waals surface area contributed by atoms with Gasteiger partial charge >= 0.3 is 5.92 Å². The number of hydrogen-bond donors (Lipinski definition) is 1. The van der Waals surface area contributed by atoms with E-state index in [2.05, 4.69) is 6.58 Å². The van der Waals surface area contributed by atoms with Crippen LogP contribution in [-0.4, -0.2) is 17.1 Å². The molecule has 1 unspecified atom stereocenters. The number of halogens is 2. The summed E-state index contributed by atoms with van der Waals surface area (Å²) in [5.41, 5.74) is 0.769. The van der Waals surface area contributed by atoms with Gasteiger partial charge in [0.2, 0.25) is 0 Å². The van der Waals surface area contributed by atoms with Crippen molar-refractivity contribution in [2.24, 2.45) is 0 Å². The molecule has 0 aliphatic rings. The van der Waals surface area contributed by atoms with Gasteiger partial charge in [0.15, 0.2) is 5.76 Å². The summed E-state index contributed by atoms with van der Waals surface area (Å²) in [6.45, 7) is 4.14. The maximum atomic E-state index is 13.2. The van der Waals surface area contributed by atoms with E-state index in [9.17, 15) is 8.78 Å². The zero-order valence-electron chi connectivity index (χ0n) is 8.99. The Morgan fingerprint density at radius 1 is 1.44 bits per heavy atom. The highest BCUT2D eigenvalue weighted by molar-refractivity contribution is 5.14. The standard InChI is InChI=1S/C12H14F2O2/c1-9(15)12(13,14)10(2)16-8-11-6-4-3-5-7-11/h3-7,9,15H,2,8H2,1H3. The summed E-state index contributed by atoms with van der Waals surface area (Å²) < 4.78 is 31.2. The van der Waals surface area contributed by atoms with Crippen molar-refractivity contribution in [1.82, 2.24) is 0 Å². The Hall–Kier alpha value is -1.42. The molecule has 0 saturated carbocycles. The fourth-order valence-electron chi connectivity index (χ4n) is 1.07. The van der Waals surface area contributed by atoms with Crippen LogP contribution in [0.2, 0.25) is 0 Å². The SMILES string of the molecule is C=C(OCc1ccccc1)C(F)(F)C(C)O. The Bertz CT molecular complexity index is 347. The summed E-state index contributed by atoms with van der Waals surface area (Å²) in [5.74, 6) is -4.14. The van der Waals surface area contributed by atoms with Crippen molar-refractivity contribution in [3.8, 4) is 0 Å². The van der Waals surface area contributed by atoms with E-state index in [1.165, 1.54) is 0 Å². The molecule has 88 valence electrons. The maximum absolute atomic E-state index is 13.2. The van der Waals surface area contributed by atoms with E-state index >= 15 is 0 Å². The first kappa shape index (κ1) is 12.6. The van der Waals surface area contributed by atoms with E-state index < -0.39 is 17.8 Å². The number of hydrogen-bond acceptors (Lipinski definition) is 2. The molecule has 4 heteroatoms. The Labute approximate surface area is 93.2 Å². The molecule has 0 amide bonds. The van der Waals surface area contributed by atoms with Crippen LogP contribution in [0.3, 0.4) is 0 Å². The van der Waals surface area contributed by atoms with Crippen LogP contribution in [0.25, 0.3) is 0 Å². The van der Waals surface area contributed by atoms with Gasteiger partial charge in [0.25, 0.3) is 0 Å². The lowest BCUT2D eigenvalue weighted by atomic mass is 10.2. The Morgan fingerprint density at radius 2 is 2.00 bits per heavy atom. The Balaban J connectivity index is 2.54. The van der Waals surface area contributed by atoms with Gasteiger partial charge < -0.3 is 9.84 Å². The van der Waals surface area contributed by atoms with Crippen LogP contribution in [0.5, 0.6) is 0 Å². The van der Waals surface area contributed by atoms with Crippen LogP contribution in [0.1, 0.15) is 12.5 Å². The summed E-state index contributed by atoms with van der Waals surface area (Å²) in [7, 11) is 0. The van der Waals surface area contributed by atoms with Crippen LogP contribution in [-0.2, 0) is 11.3 Å². The highest BCUT2D eigenvalue weighted by atomic mass is 19.3. The predicted molar refractivity (Wildman–Crippen MR) is 57.0 cm³/mol. The first-order chi connectivity index (χ1) is 7.44. The zero-order valence-corrected chi connectivity index (χ0v) is 8.99. The normalized spacial score (nSPS) is 13.2. The topological polar surface area (TPSA) is 29.5 Å². The van der Waals surface area contributed by atoms with E-state index in [0.29, 0.717) is 0 Å². The highest BCUT2D eigenvalue weighted by Crippen LogP contribution is 2.28. The van der Waals surface area contributed by atoms with E-state index in [1.54, 1.807) is 24.3 Å². The summed E-state index contributed by atoms with van der Waals surface area (Å²) in [4.78, 5) is 0. The van der Waals surface area contributed by atoms with Gasteiger partial charge in [-0.25, -0.2) is 0 Å². The van der Waals surface area contributed by atoms with Crippen molar-refractivity contribution in [1.29, 1.82) is 0 Å². The molecule has 0 aliphatic heterocycles. The van der Waals surface area contributed by atoms with Gasteiger partial charge in [-0.15, -0.1) is 0 Å². The zero-order chi connectivity index (χ0) is 12.2. The third kappa shape index (κ3) is 3.03. The van der Waals surface area contributed by atoms with Crippen molar-refractivity contribution in [2.45, 2.75) is 25.6 Å². The summed E-state index contributed by atoms with van der Waals surface area (Å²) in [6.07, 6.45) is -1.81.